The Morgan fingerprint density at radius 1 is 1.33 bits per heavy atom. The van der Waals surface area contributed by atoms with Gasteiger partial charge in [-0.05, 0) is 25.8 Å². The van der Waals surface area contributed by atoms with Gasteiger partial charge in [0, 0.05) is 30.0 Å². The molecule has 5 nitrogen and oxygen atoms in total. The van der Waals surface area contributed by atoms with Crippen LogP contribution in [0.2, 0.25) is 0 Å². The van der Waals surface area contributed by atoms with Crippen molar-refractivity contribution in [3.63, 3.8) is 0 Å². The zero-order valence-corrected chi connectivity index (χ0v) is 14.7. The highest BCUT2D eigenvalue weighted by Gasteiger charge is 2.28. The quantitative estimate of drug-likeness (QED) is 0.846. The van der Waals surface area contributed by atoms with Crippen molar-refractivity contribution in [2.45, 2.75) is 37.9 Å². The van der Waals surface area contributed by atoms with Crippen LogP contribution >= 0.6 is 11.8 Å². The molecule has 1 amide bonds. The molecule has 0 radical (unpaired) electrons. The first-order chi connectivity index (χ1) is 11.6. The molecule has 0 saturated carbocycles. The number of rotatable bonds is 5. The molecule has 1 aliphatic heterocycles. The van der Waals surface area contributed by atoms with Crippen molar-refractivity contribution < 1.29 is 4.79 Å². The van der Waals surface area contributed by atoms with E-state index < -0.39 is 0 Å². The van der Waals surface area contributed by atoms with Gasteiger partial charge in [-0.1, -0.05) is 42.1 Å². The third kappa shape index (κ3) is 3.53. The fourth-order valence-corrected chi connectivity index (χ4v) is 3.98. The molecule has 0 aliphatic carbocycles. The minimum Gasteiger partial charge on any atom is -0.356 e. The Balaban J connectivity index is 1.59. The fourth-order valence-electron chi connectivity index (χ4n) is 2.80. The van der Waals surface area contributed by atoms with Crippen LogP contribution in [0.4, 0.5) is 0 Å². The maximum absolute atomic E-state index is 12.5. The highest BCUT2D eigenvalue weighted by atomic mass is 32.2. The number of fused-ring (bicyclic) bond motifs is 1. The molecule has 126 valence electrons. The van der Waals surface area contributed by atoms with E-state index in [0.29, 0.717) is 18.5 Å². The van der Waals surface area contributed by atoms with E-state index in [-0.39, 0.29) is 17.5 Å². The van der Waals surface area contributed by atoms with Gasteiger partial charge in [-0.15, -0.1) is 0 Å². The highest BCUT2D eigenvalue weighted by molar-refractivity contribution is 7.99. The summed E-state index contributed by atoms with van der Waals surface area (Å²) < 4.78 is 1.68. The zero-order valence-electron chi connectivity index (χ0n) is 13.9. The number of amides is 1. The molecule has 0 spiro atoms. The molecule has 1 aromatic carbocycles. The van der Waals surface area contributed by atoms with Crippen LogP contribution in [-0.4, -0.2) is 27.8 Å². The van der Waals surface area contributed by atoms with Gasteiger partial charge < -0.3 is 5.32 Å². The van der Waals surface area contributed by atoms with Crippen molar-refractivity contribution >= 4 is 17.7 Å². The van der Waals surface area contributed by atoms with Crippen LogP contribution in [-0.2, 0) is 11.2 Å². The second kappa shape index (κ2) is 7.21. The maximum atomic E-state index is 12.5. The maximum Gasteiger partial charge on any atom is 0.257 e. The van der Waals surface area contributed by atoms with Gasteiger partial charge in [-0.2, -0.15) is 0 Å². The summed E-state index contributed by atoms with van der Waals surface area (Å²) in [5, 5.41) is 3.68. The van der Waals surface area contributed by atoms with Crippen molar-refractivity contribution in [1.82, 2.24) is 14.9 Å². The third-order valence-corrected chi connectivity index (χ3v) is 5.42. The summed E-state index contributed by atoms with van der Waals surface area (Å²) in [7, 11) is 0. The smallest absolute Gasteiger partial charge is 0.257 e. The van der Waals surface area contributed by atoms with Crippen LogP contribution in [0.15, 0.2) is 40.3 Å². The molecule has 24 heavy (non-hydrogen) atoms. The summed E-state index contributed by atoms with van der Waals surface area (Å²) in [6.45, 7) is 4.25. The summed E-state index contributed by atoms with van der Waals surface area (Å²) in [6.07, 6.45) is 1.13. The van der Waals surface area contributed by atoms with Crippen LogP contribution in [0, 0.1) is 13.8 Å². The van der Waals surface area contributed by atoms with E-state index in [0.717, 1.165) is 23.0 Å². The Morgan fingerprint density at radius 3 is 2.83 bits per heavy atom. The molecule has 2 heterocycles. The molecule has 0 bridgehead atoms. The first-order valence-electron chi connectivity index (χ1n) is 8.09. The van der Waals surface area contributed by atoms with Gasteiger partial charge in [-0.3, -0.25) is 14.2 Å². The summed E-state index contributed by atoms with van der Waals surface area (Å²) in [5.41, 5.74) is 2.61. The normalized spacial score (nSPS) is 16.0. The van der Waals surface area contributed by atoms with Crippen molar-refractivity contribution in [2.75, 3.05) is 12.3 Å². The Morgan fingerprint density at radius 2 is 2.08 bits per heavy atom. The highest BCUT2D eigenvalue weighted by Crippen LogP contribution is 2.32. The third-order valence-electron chi connectivity index (χ3n) is 4.32. The fraction of sp³-hybridized carbons (Fsp3) is 0.389. The lowest BCUT2D eigenvalue weighted by molar-refractivity contribution is -0.121. The minimum absolute atomic E-state index is 0.0190. The molecule has 1 atom stereocenters. The molecule has 0 saturated heterocycles. The van der Waals surface area contributed by atoms with Crippen molar-refractivity contribution in [3.8, 4) is 0 Å². The number of hydrogen-bond donors (Lipinski definition) is 1. The van der Waals surface area contributed by atoms with Gasteiger partial charge >= 0.3 is 0 Å². The first kappa shape index (κ1) is 16.8. The summed E-state index contributed by atoms with van der Waals surface area (Å²) in [6, 6.07) is 9.95. The average molecular weight is 343 g/mol. The summed E-state index contributed by atoms with van der Waals surface area (Å²) in [4.78, 5) is 29.1. The molecule has 1 N–H and O–H groups in total. The van der Waals surface area contributed by atoms with Crippen LogP contribution in [0.3, 0.4) is 0 Å². The second-order valence-corrected chi connectivity index (χ2v) is 7.02. The van der Waals surface area contributed by atoms with Crippen LogP contribution in [0.25, 0.3) is 0 Å². The number of benzene rings is 1. The monoisotopic (exact) mass is 343 g/mol. The van der Waals surface area contributed by atoms with Crippen molar-refractivity contribution in [1.29, 1.82) is 0 Å². The molecular weight excluding hydrogens is 322 g/mol. The van der Waals surface area contributed by atoms with Gasteiger partial charge in [0.25, 0.3) is 5.56 Å². The van der Waals surface area contributed by atoms with E-state index in [2.05, 4.69) is 10.3 Å². The van der Waals surface area contributed by atoms with Gasteiger partial charge in [0.15, 0.2) is 5.16 Å². The molecule has 0 fully saturated rings. The number of aromatic nitrogens is 2. The van der Waals surface area contributed by atoms with E-state index in [1.165, 1.54) is 5.56 Å². The van der Waals surface area contributed by atoms with Crippen LogP contribution in [0.5, 0.6) is 0 Å². The molecule has 1 unspecified atom stereocenters. The molecule has 1 aromatic heterocycles. The molecule has 3 rings (SSSR count). The first-order valence-corrected chi connectivity index (χ1v) is 9.08. The number of carbonyl (C=O) groups excluding carboxylic acids is 1. The summed E-state index contributed by atoms with van der Waals surface area (Å²) in [5.74, 6) is 0.701. The SMILES string of the molecule is Cc1nc2n(c(=O)c1C)C(CC(=O)NCCc1ccccc1)CS2. The van der Waals surface area contributed by atoms with Crippen molar-refractivity contribution in [2.24, 2.45) is 0 Å². The van der Waals surface area contributed by atoms with Crippen LogP contribution in [0.1, 0.15) is 29.3 Å². The van der Waals surface area contributed by atoms with E-state index in [4.69, 9.17) is 0 Å². The standard InChI is InChI=1S/C18H21N3O2S/c1-12-13(2)20-18-21(17(12)23)15(11-24-18)10-16(22)19-9-8-14-6-4-3-5-7-14/h3-7,15H,8-11H2,1-2H3,(H,19,22). The van der Waals surface area contributed by atoms with Gasteiger partial charge in [0.05, 0.1) is 6.04 Å². The van der Waals surface area contributed by atoms with Crippen LogP contribution < -0.4 is 10.9 Å². The lowest BCUT2D eigenvalue weighted by Crippen LogP contribution is -2.32. The van der Waals surface area contributed by atoms with E-state index in [1.807, 2.05) is 37.3 Å². The zero-order chi connectivity index (χ0) is 17.1. The number of nitrogens with one attached hydrogen (secondary N) is 1. The predicted molar refractivity (Wildman–Crippen MR) is 95.5 cm³/mol. The number of aryl methyl sites for hydroxylation is 1. The molecule has 6 heteroatoms. The number of nitrogens with zero attached hydrogens (tertiary/aromatic N) is 2. The van der Waals surface area contributed by atoms with E-state index >= 15 is 0 Å². The molecule has 2 aromatic rings. The Labute approximate surface area is 145 Å². The van der Waals surface area contributed by atoms with Gasteiger partial charge in [0.2, 0.25) is 5.91 Å². The number of thioether (sulfide) groups is 1. The topological polar surface area (TPSA) is 64.0 Å². The Hall–Kier alpha value is -2.08. The molecule has 1 aliphatic rings. The minimum atomic E-state index is -0.110. The second-order valence-electron chi connectivity index (χ2n) is 6.03. The van der Waals surface area contributed by atoms with Gasteiger partial charge in [-0.25, -0.2) is 4.98 Å². The predicted octanol–water partition coefficient (Wildman–Crippen LogP) is 2.26. The lowest BCUT2D eigenvalue weighted by Gasteiger charge is -2.14. The Bertz CT molecular complexity index is 802. The van der Waals surface area contributed by atoms with E-state index in [1.54, 1.807) is 23.3 Å². The number of carbonyl (C=O) groups is 1. The average Bonchev–Trinajstić information content (AvgIpc) is 2.96. The molecular formula is C18H21N3O2S. The largest absolute Gasteiger partial charge is 0.356 e. The summed E-state index contributed by atoms with van der Waals surface area (Å²) >= 11 is 1.55. The van der Waals surface area contributed by atoms with Crippen molar-refractivity contribution in [3.05, 3.63) is 57.5 Å². The van der Waals surface area contributed by atoms with Gasteiger partial charge in [0.1, 0.15) is 0 Å². The van der Waals surface area contributed by atoms with E-state index in [9.17, 15) is 9.59 Å². The Kier molecular flexibility index (Phi) is 5.04. The lowest BCUT2D eigenvalue weighted by atomic mass is 10.1. The number of hydrogen-bond acceptors (Lipinski definition) is 4.